The van der Waals surface area contributed by atoms with E-state index in [1.165, 1.54) is 6.07 Å². The second-order valence-corrected chi connectivity index (χ2v) is 4.60. The summed E-state index contributed by atoms with van der Waals surface area (Å²) < 4.78 is 0. The van der Waals surface area contributed by atoms with Crippen LogP contribution in [0.1, 0.15) is 30.9 Å². The number of rotatable bonds is 5. The highest BCUT2D eigenvalue weighted by molar-refractivity contribution is 5.95. The number of hydrogen-bond acceptors (Lipinski definition) is 4. The number of aryl methyl sites for hydroxylation is 2. The van der Waals surface area contributed by atoms with Crippen molar-refractivity contribution in [2.24, 2.45) is 5.73 Å². The van der Waals surface area contributed by atoms with Gasteiger partial charge in [0.15, 0.2) is 0 Å². The maximum Gasteiger partial charge on any atom is 0.274 e. The first-order valence-corrected chi connectivity index (χ1v) is 6.18. The van der Waals surface area contributed by atoms with E-state index in [0.29, 0.717) is 17.7 Å². The van der Waals surface area contributed by atoms with Gasteiger partial charge in [0.1, 0.15) is 0 Å². The summed E-state index contributed by atoms with van der Waals surface area (Å²) >= 11 is 0. The molecular formula is C13H19N3O3. The molecule has 1 amide bonds. The summed E-state index contributed by atoms with van der Waals surface area (Å²) in [4.78, 5) is 22.2. The second kappa shape index (κ2) is 6.29. The molecule has 0 saturated carbocycles. The van der Waals surface area contributed by atoms with Gasteiger partial charge in [0.25, 0.3) is 5.69 Å². The largest absolute Gasteiger partial charge is 0.324 e. The van der Waals surface area contributed by atoms with Crippen LogP contribution in [-0.4, -0.2) is 16.9 Å². The van der Waals surface area contributed by atoms with Crippen LogP contribution in [0.5, 0.6) is 0 Å². The van der Waals surface area contributed by atoms with Gasteiger partial charge in [0.05, 0.1) is 16.7 Å². The predicted molar refractivity (Wildman–Crippen MR) is 74.1 cm³/mol. The minimum Gasteiger partial charge on any atom is -0.324 e. The van der Waals surface area contributed by atoms with Gasteiger partial charge in [-0.2, -0.15) is 0 Å². The summed E-state index contributed by atoms with van der Waals surface area (Å²) in [6.45, 7) is 5.40. The molecule has 0 heterocycles. The molecule has 0 aliphatic heterocycles. The lowest BCUT2D eigenvalue weighted by atomic mass is 10.1. The van der Waals surface area contributed by atoms with Crippen LogP contribution in [0.4, 0.5) is 11.4 Å². The summed E-state index contributed by atoms with van der Waals surface area (Å²) in [5.41, 5.74) is 7.48. The Morgan fingerprint density at radius 1 is 1.42 bits per heavy atom. The zero-order valence-corrected chi connectivity index (χ0v) is 11.4. The van der Waals surface area contributed by atoms with E-state index >= 15 is 0 Å². The van der Waals surface area contributed by atoms with E-state index in [-0.39, 0.29) is 11.6 Å². The summed E-state index contributed by atoms with van der Waals surface area (Å²) in [7, 11) is 0. The molecule has 104 valence electrons. The molecule has 1 unspecified atom stereocenters. The summed E-state index contributed by atoms with van der Waals surface area (Å²) in [5, 5.41) is 13.5. The first-order valence-electron chi connectivity index (χ1n) is 6.18. The Morgan fingerprint density at radius 3 is 2.58 bits per heavy atom. The molecule has 3 N–H and O–H groups in total. The van der Waals surface area contributed by atoms with Crippen molar-refractivity contribution in [3.8, 4) is 0 Å². The van der Waals surface area contributed by atoms with Gasteiger partial charge >= 0.3 is 0 Å². The Bertz CT molecular complexity index is 500. The molecule has 6 heteroatoms. The Kier molecular flexibility index (Phi) is 5.00. The number of nitro benzene ring substituents is 1. The minimum atomic E-state index is -0.593. The van der Waals surface area contributed by atoms with Crippen LogP contribution >= 0.6 is 0 Å². The van der Waals surface area contributed by atoms with Crippen molar-refractivity contribution >= 4 is 17.3 Å². The lowest BCUT2D eigenvalue weighted by molar-refractivity contribution is -0.385. The van der Waals surface area contributed by atoms with Crippen molar-refractivity contribution in [2.45, 2.75) is 39.7 Å². The van der Waals surface area contributed by atoms with Crippen molar-refractivity contribution in [2.75, 3.05) is 5.32 Å². The van der Waals surface area contributed by atoms with Crippen LogP contribution in [-0.2, 0) is 4.79 Å². The van der Waals surface area contributed by atoms with E-state index in [4.69, 9.17) is 5.73 Å². The monoisotopic (exact) mass is 265 g/mol. The molecule has 0 radical (unpaired) electrons. The van der Waals surface area contributed by atoms with Crippen LogP contribution in [0.15, 0.2) is 12.1 Å². The number of anilines is 1. The quantitative estimate of drug-likeness (QED) is 0.630. The van der Waals surface area contributed by atoms with Crippen molar-refractivity contribution in [3.63, 3.8) is 0 Å². The molecule has 0 bridgehead atoms. The SMILES string of the molecule is CCCC(N)C(=O)Nc1cc([N+](=O)[O-])c(C)cc1C. The number of nitro groups is 1. The zero-order valence-electron chi connectivity index (χ0n) is 11.4. The lowest BCUT2D eigenvalue weighted by Crippen LogP contribution is -2.35. The van der Waals surface area contributed by atoms with Crippen molar-refractivity contribution in [1.82, 2.24) is 0 Å². The average Bonchev–Trinajstić information content (AvgIpc) is 2.32. The number of nitrogens with one attached hydrogen (secondary N) is 1. The number of amides is 1. The highest BCUT2D eigenvalue weighted by Gasteiger charge is 2.17. The van der Waals surface area contributed by atoms with E-state index in [1.54, 1.807) is 19.9 Å². The Hall–Kier alpha value is -1.95. The summed E-state index contributed by atoms with van der Waals surface area (Å²) in [5.74, 6) is -0.317. The second-order valence-electron chi connectivity index (χ2n) is 4.60. The molecule has 19 heavy (non-hydrogen) atoms. The van der Waals surface area contributed by atoms with Gasteiger partial charge < -0.3 is 11.1 Å². The van der Waals surface area contributed by atoms with Gasteiger partial charge in [-0.25, -0.2) is 0 Å². The van der Waals surface area contributed by atoms with Crippen molar-refractivity contribution in [1.29, 1.82) is 0 Å². The first-order chi connectivity index (χ1) is 8.86. The molecule has 1 rings (SSSR count). The fourth-order valence-electron chi connectivity index (χ4n) is 1.84. The number of carbonyl (C=O) groups excluding carboxylic acids is 1. The summed E-state index contributed by atoms with van der Waals surface area (Å²) in [6.07, 6.45) is 1.39. The van der Waals surface area contributed by atoms with Crippen molar-refractivity contribution < 1.29 is 9.72 Å². The first kappa shape index (κ1) is 15.1. The molecule has 1 aromatic carbocycles. The highest BCUT2D eigenvalue weighted by Crippen LogP contribution is 2.26. The van der Waals surface area contributed by atoms with E-state index in [2.05, 4.69) is 5.32 Å². The topological polar surface area (TPSA) is 98.3 Å². The van der Waals surface area contributed by atoms with Gasteiger partial charge in [0.2, 0.25) is 5.91 Å². The smallest absolute Gasteiger partial charge is 0.274 e. The Morgan fingerprint density at radius 2 is 2.05 bits per heavy atom. The van der Waals surface area contributed by atoms with Gasteiger partial charge in [-0.1, -0.05) is 13.3 Å². The van der Waals surface area contributed by atoms with Crippen LogP contribution in [0, 0.1) is 24.0 Å². The third-order valence-electron chi connectivity index (χ3n) is 2.93. The normalized spacial score (nSPS) is 12.0. The molecular weight excluding hydrogens is 246 g/mol. The number of carbonyl (C=O) groups is 1. The summed E-state index contributed by atoms with van der Waals surface area (Å²) in [6, 6.07) is 2.46. The Labute approximate surface area is 112 Å². The molecule has 1 atom stereocenters. The van der Waals surface area contributed by atoms with Crippen LogP contribution in [0.3, 0.4) is 0 Å². The predicted octanol–water partition coefficient (Wildman–Crippen LogP) is 2.28. The molecule has 0 saturated heterocycles. The van der Waals surface area contributed by atoms with Crippen LogP contribution in [0.2, 0.25) is 0 Å². The fourth-order valence-corrected chi connectivity index (χ4v) is 1.84. The molecule has 0 fully saturated rings. The van der Waals surface area contributed by atoms with E-state index < -0.39 is 11.0 Å². The van der Waals surface area contributed by atoms with E-state index in [9.17, 15) is 14.9 Å². The maximum atomic E-state index is 11.8. The van der Waals surface area contributed by atoms with E-state index in [0.717, 1.165) is 12.0 Å². The number of nitrogens with zero attached hydrogens (tertiary/aromatic N) is 1. The average molecular weight is 265 g/mol. The Balaban J connectivity index is 2.98. The fraction of sp³-hybridized carbons (Fsp3) is 0.462. The lowest BCUT2D eigenvalue weighted by Gasteiger charge is -2.13. The number of hydrogen-bond donors (Lipinski definition) is 2. The number of nitrogens with two attached hydrogens (primary N) is 1. The van der Waals surface area contributed by atoms with Crippen LogP contribution in [0.25, 0.3) is 0 Å². The van der Waals surface area contributed by atoms with Gasteiger partial charge in [0, 0.05) is 11.6 Å². The zero-order chi connectivity index (χ0) is 14.6. The molecule has 0 aliphatic carbocycles. The van der Waals surface area contributed by atoms with Crippen molar-refractivity contribution in [3.05, 3.63) is 33.4 Å². The van der Waals surface area contributed by atoms with Gasteiger partial charge in [-0.05, 0) is 31.9 Å². The van der Waals surface area contributed by atoms with Gasteiger partial charge in [-0.15, -0.1) is 0 Å². The standard InChI is InChI=1S/C13H19N3O3/c1-4-5-10(14)13(17)15-11-7-12(16(18)19)9(3)6-8(11)2/h6-7,10H,4-5,14H2,1-3H3,(H,15,17). The number of benzene rings is 1. The third-order valence-corrected chi connectivity index (χ3v) is 2.93. The molecule has 6 nitrogen and oxygen atoms in total. The minimum absolute atomic E-state index is 0.00929. The van der Waals surface area contributed by atoms with Crippen LogP contribution < -0.4 is 11.1 Å². The molecule has 0 spiro atoms. The maximum absolute atomic E-state index is 11.8. The van der Waals surface area contributed by atoms with E-state index in [1.807, 2.05) is 6.92 Å². The molecule has 0 aliphatic rings. The highest BCUT2D eigenvalue weighted by atomic mass is 16.6. The molecule has 1 aromatic rings. The third kappa shape index (κ3) is 3.75. The molecule has 0 aromatic heterocycles. The van der Waals surface area contributed by atoms with Gasteiger partial charge in [-0.3, -0.25) is 14.9 Å².